The zero-order chi connectivity index (χ0) is 42.4. The molecule has 0 saturated heterocycles. The topological polar surface area (TPSA) is 67.7 Å². The van der Waals surface area contributed by atoms with Crippen LogP contribution in [0.1, 0.15) is 0 Å². The van der Waals surface area contributed by atoms with Crippen molar-refractivity contribution in [3.8, 4) is 90.1 Å². The van der Waals surface area contributed by atoms with Crippen LogP contribution in [0.5, 0.6) is 0 Å². The second-order valence-corrected chi connectivity index (χ2v) is 16.1. The molecular formula is C57H37BN6. The first-order valence-corrected chi connectivity index (χ1v) is 21.5. The zero-order valence-electron chi connectivity index (χ0n) is 34.6. The van der Waals surface area contributed by atoms with Crippen LogP contribution in [0.25, 0.3) is 101 Å². The van der Waals surface area contributed by atoms with Gasteiger partial charge < -0.3 is 4.81 Å². The van der Waals surface area contributed by atoms with Gasteiger partial charge in [-0.15, -0.1) is 0 Å². The normalized spacial score (nSPS) is 12.5. The summed E-state index contributed by atoms with van der Waals surface area (Å²) >= 11 is 0. The molecule has 5 heterocycles. The lowest BCUT2D eigenvalue weighted by Gasteiger charge is -2.38. The summed E-state index contributed by atoms with van der Waals surface area (Å²) in [5, 5.41) is 2.49. The van der Waals surface area contributed by atoms with Crippen LogP contribution in [-0.2, 0) is 0 Å². The van der Waals surface area contributed by atoms with E-state index >= 15 is 0 Å². The molecule has 0 N–H and O–H groups in total. The van der Waals surface area contributed by atoms with Gasteiger partial charge in [0.15, 0.2) is 17.5 Å². The van der Waals surface area contributed by atoms with E-state index in [1.807, 2.05) is 36.4 Å². The fraction of sp³-hybridized carbons (Fsp3) is 0. The van der Waals surface area contributed by atoms with Gasteiger partial charge in [-0.2, -0.15) is 0 Å². The van der Waals surface area contributed by atoms with Crippen molar-refractivity contribution in [3.05, 3.63) is 225 Å². The molecular weight excluding hydrogens is 779 g/mol. The molecule has 0 atom stereocenters. The van der Waals surface area contributed by atoms with Crippen molar-refractivity contribution in [1.29, 1.82) is 0 Å². The quantitative estimate of drug-likeness (QED) is 0.149. The van der Waals surface area contributed by atoms with Gasteiger partial charge in [0, 0.05) is 29.2 Å². The minimum Gasteiger partial charge on any atom is -0.383 e. The Bertz CT molecular complexity index is 3380. The number of aromatic nitrogens is 5. The molecule has 0 saturated carbocycles. The maximum atomic E-state index is 5.02. The van der Waals surface area contributed by atoms with Gasteiger partial charge in [-0.25, -0.2) is 15.0 Å². The van der Waals surface area contributed by atoms with Crippen LogP contribution < -0.4 is 10.3 Å². The van der Waals surface area contributed by atoms with Crippen LogP contribution >= 0.6 is 0 Å². The third-order valence-electron chi connectivity index (χ3n) is 12.3. The van der Waals surface area contributed by atoms with E-state index in [0.717, 1.165) is 27.9 Å². The van der Waals surface area contributed by atoms with E-state index in [0.29, 0.717) is 28.9 Å². The van der Waals surface area contributed by atoms with E-state index in [-0.39, 0.29) is 6.85 Å². The molecule has 12 rings (SSSR count). The number of hydrogen-bond acceptors (Lipinski definition) is 6. The Labute approximate surface area is 371 Å². The summed E-state index contributed by atoms with van der Waals surface area (Å²) in [7, 11) is 0. The molecule has 2 aliphatic rings. The maximum Gasteiger partial charge on any atom is 0.321 e. The van der Waals surface area contributed by atoms with Crippen LogP contribution in [-0.4, -0.2) is 31.8 Å². The van der Waals surface area contributed by atoms with Crippen molar-refractivity contribution in [2.24, 2.45) is 0 Å². The minimum absolute atomic E-state index is 0.0632. The number of allylic oxidation sites excluding steroid dienone is 2. The van der Waals surface area contributed by atoms with Crippen LogP contribution in [0.4, 0.5) is 5.69 Å². The average Bonchev–Trinajstić information content (AvgIpc) is 3.39. The first-order chi connectivity index (χ1) is 31.7. The van der Waals surface area contributed by atoms with Gasteiger partial charge in [0.2, 0.25) is 0 Å². The predicted octanol–water partition coefficient (Wildman–Crippen LogP) is 12.8. The summed E-state index contributed by atoms with van der Waals surface area (Å²) in [5.41, 5.74) is 16.3. The smallest absolute Gasteiger partial charge is 0.321 e. The lowest BCUT2D eigenvalue weighted by atomic mass is 9.48. The summed E-state index contributed by atoms with van der Waals surface area (Å²) < 4.78 is 0. The number of hydrogen-bond donors (Lipinski definition) is 0. The van der Waals surface area contributed by atoms with Crippen LogP contribution in [0.15, 0.2) is 225 Å². The first-order valence-electron chi connectivity index (χ1n) is 21.5. The van der Waals surface area contributed by atoms with Gasteiger partial charge in [0.05, 0.1) is 0 Å². The SMILES string of the molecule is C1=CB2c3c(-c4ccc(-c5cccc6ccccc56)cc4)cc(-c4cccc(-c5ccccc5)c4)cc3-c3ccc(-c4nc(-c5ccccn5)nc(-c5ccccn5)n4)cc3N2C=C1. The van der Waals surface area contributed by atoms with Crippen molar-refractivity contribution < 1.29 is 0 Å². The van der Waals surface area contributed by atoms with Crippen molar-refractivity contribution in [1.82, 2.24) is 24.9 Å². The lowest BCUT2D eigenvalue weighted by molar-refractivity contribution is 1.05. The Balaban J connectivity index is 1.05. The molecule has 0 amide bonds. The van der Waals surface area contributed by atoms with Crippen molar-refractivity contribution in [3.63, 3.8) is 0 Å². The Hall–Kier alpha value is -8.55. The zero-order valence-corrected chi connectivity index (χ0v) is 34.6. The molecule has 7 aromatic carbocycles. The van der Waals surface area contributed by atoms with Crippen LogP contribution in [0.3, 0.4) is 0 Å². The predicted molar refractivity (Wildman–Crippen MR) is 263 cm³/mol. The largest absolute Gasteiger partial charge is 0.383 e. The monoisotopic (exact) mass is 816 g/mol. The second kappa shape index (κ2) is 15.7. The van der Waals surface area contributed by atoms with Gasteiger partial charge in [0.25, 0.3) is 0 Å². The highest BCUT2D eigenvalue weighted by molar-refractivity contribution is 6.85. The molecule has 3 aromatic heterocycles. The molecule has 0 bridgehead atoms. The van der Waals surface area contributed by atoms with E-state index in [1.165, 1.54) is 55.2 Å². The summed E-state index contributed by atoms with van der Waals surface area (Å²) in [4.78, 5) is 26.4. The molecule has 10 aromatic rings. The molecule has 0 fully saturated rings. The minimum atomic E-state index is -0.0632. The highest BCUT2D eigenvalue weighted by atomic mass is 15.1. The highest BCUT2D eigenvalue weighted by Crippen LogP contribution is 2.44. The Morgan fingerprint density at radius 1 is 0.375 bits per heavy atom. The van der Waals surface area contributed by atoms with Crippen molar-refractivity contribution in [2.45, 2.75) is 0 Å². The Morgan fingerprint density at radius 3 is 1.73 bits per heavy atom. The van der Waals surface area contributed by atoms with E-state index in [1.54, 1.807) is 12.4 Å². The van der Waals surface area contributed by atoms with Gasteiger partial charge in [-0.3, -0.25) is 9.97 Å². The number of rotatable bonds is 7. The summed E-state index contributed by atoms with van der Waals surface area (Å²) in [5.74, 6) is 3.84. The molecule has 0 radical (unpaired) electrons. The van der Waals surface area contributed by atoms with Crippen LogP contribution in [0.2, 0.25) is 0 Å². The van der Waals surface area contributed by atoms with Crippen molar-refractivity contribution >= 4 is 28.8 Å². The summed E-state index contributed by atoms with van der Waals surface area (Å²) in [6, 6.07) is 66.7. The fourth-order valence-corrected chi connectivity index (χ4v) is 9.21. The third kappa shape index (κ3) is 6.67. The molecule has 298 valence electrons. The number of pyridine rings is 2. The Morgan fingerprint density at radius 2 is 0.984 bits per heavy atom. The molecule has 2 aliphatic heterocycles. The van der Waals surface area contributed by atoms with Gasteiger partial charge in [-0.05, 0) is 127 Å². The van der Waals surface area contributed by atoms with Gasteiger partial charge in [0.1, 0.15) is 11.4 Å². The van der Waals surface area contributed by atoms with Gasteiger partial charge >= 0.3 is 6.85 Å². The molecule has 64 heavy (non-hydrogen) atoms. The molecule has 7 heteroatoms. The molecule has 0 aliphatic carbocycles. The van der Waals surface area contributed by atoms with E-state index in [4.69, 9.17) is 15.0 Å². The molecule has 0 unspecified atom stereocenters. The number of nitrogens with zero attached hydrogens (tertiary/aromatic N) is 6. The lowest BCUT2D eigenvalue weighted by Crippen LogP contribution is -2.50. The summed E-state index contributed by atoms with van der Waals surface area (Å²) in [6.07, 6.45) is 9.97. The number of benzene rings is 7. The standard InChI is InChI=1S/C57H37BN6/c1-2-14-38(15-3-1)42-18-12-19-43(34-42)45-35-49(41-26-24-40(25-27-41)47-21-13-17-39-16-4-5-20-46(39)47)54-50(36-45)48-29-28-44(37-53(48)64-33-11-8-30-58(54)64)55-61-56(51-22-6-9-31-59-51)63-57(62-55)52-23-7-10-32-60-52/h1-37H. The molecule has 6 nitrogen and oxygen atoms in total. The summed E-state index contributed by atoms with van der Waals surface area (Å²) in [6.45, 7) is -0.0632. The van der Waals surface area contributed by atoms with E-state index < -0.39 is 0 Å². The maximum absolute atomic E-state index is 5.02. The molecule has 0 spiro atoms. The number of fused-ring (bicyclic) bond motifs is 7. The highest BCUT2D eigenvalue weighted by Gasteiger charge is 2.36. The first kappa shape index (κ1) is 37.2. The average molecular weight is 817 g/mol. The van der Waals surface area contributed by atoms with Crippen LogP contribution in [0, 0.1) is 0 Å². The number of anilines is 1. The third-order valence-corrected chi connectivity index (χ3v) is 12.3. The second-order valence-electron chi connectivity index (χ2n) is 16.1. The van der Waals surface area contributed by atoms with E-state index in [2.05, 4.69) is 191 Å². The van der Waals surface area contributed by atoms with E-state index in [9.17, 15) is 0 Å². The Kier molecular flexibility index (Phi) is 9.15. The van der Waals surface area contributed by atoms with Crippen molar-refractivity contribution in [2.75, 3.05) is 4.81 Å². The fourth-order valence-electron chi connectivity index (χ4n) is 9.21. The van der Waals surface area contributed by atoms with Gasteiger partial charge in [-0.1, -0.05) is 152 Å².